The van der Waals surface area contributed by atoms with E-state index in [1.165, 1.54) is 0 Å². The van der Waals surface area contributed by atoms with Gasteiger partial charge in [0.25, 0.3) is 0 Å². The van der Waals surface area contributed by atoms with Crippen LogP contribution in [0.1, 0.15) is 0 Å². The fraction of sp³-hybridized carbons (Fsp3) is 0. The van der Waals surface area contributed by atoms with Crippen LogP contribution < -0.4 is 5.90 Å². The van der Waals surface area contributed by atoms with Crippen molar-refractivity contribution in [3.8, 4) is 22.5 Å². The molecule has 1 heterocycles. The van der Waals surface area contributed by atoms with Gasteiger partial charge in [-0.15, -0.1) is 13.7 Å². The van der Waals surface area contributed by atoms with Gasteiger partial charge < -0.3 is 4.55 Å². The van der Waals surface area contributed by atoms with Crippen molar-refractivity contribution in [3.05, 3.63) is 42.5 Å². The van der Waals surface area contributed by atoms with Gasteiger partial charge in [-0.2, -0.15) is 5.90 Å². The van der Waals surface area contributed by atoms with Gasteiger partial charge in [-0.3, -0.25) is 0 Å². The van der Waals surface area contributed by atoms with Gasteiger partial charge in [0.15, 0.2) is 11.1 Å². The fourth-order valence-electron chi connectivity index (χ4n) is 3.56. The molecule has 0 spiro atoms. The number of hydrogen-bond acceptors (Lipinski definition) is 11. The summed E-state index contributed by atoms with van der Waals surface area (Å²) in [5, 5.41) is 13.6. The SMILES string of the molecule is NOOSc1cc2c3c(cc(S(=O)O)cc3c1)-c1nc3ccc(SOOO)cc3nc1-2. The topological polar surface area (TPSA) is 146 Å². The molecule has 0 saturated heterocycles. The summed E-state index contributed by atoms with van der Waals surface area (Å²) in [6.45, 7) is 0. The Labute approximate surface area is 185 Å². The first-order valence-electron chi connectivity index (χ1n) is 8.49. The van der Waals surface area contributed by atoms with Crippen LogP contribution in [0.25, 0.3) is 44.3 Å². The van der Waals surface area contributed by atoms with Gasteiger partial charge in [-0.25, -0.2) is 19.4 Å². The average Bonchev–Trinajstić information content (AvgIpc) is 3.08. The molecule has 1 aromatic heterocycles. The van der Waals surface area contributed by atoms with E-state index in [-0.39, 0.29) is 4.90 Å². The summed E-state index contributed by atoms with van der Waals surface area (Å²) in [4.78, 5) is 15.3. The highest BCUT2D eigenvalue weighted by Gasteiger charge is 2.27. The van der Waals surface area contributed by atoms with E-state index < -0.39 is 11.1 Å². The summed E-state index contributed by atoms with van der Waals surface area (Å²) in [6, 6.07) is 12.2. The third kappa shape index (κ3) is 3.70. The van der Waals surface area contributed by atoms with Crippen molar-refractivity contribution in [1.82, 2.24) is 9.97 Å². The molecule has 1 aliphatic rings. The summed E-state index contributed by atoms with van der Waals surface area (Å²) < 4.78 is 30.7. The summed E-state index contributed by atoms with van der Waals surface area (Å²) >= 11 is -0.455. The van der Waals surface area contributed by atoms with E-state index in [2.05, 4.69) is 14.4 Å². The van der Waals surface area contributed by atoms with Gasteiger partial charge >= 0.3 is 0 Å². The zero-order valence-electron chi connectivity index (χ0n) is 15.2. The van der Waals surface area contributed by atoms with Gasteiger partial charge in [-0.1, -0.05) is 5.04 Å². The Morgan fingerprint density at radius 2 is 1.65 bits per heavy atom. The molecule has 1 atom stereocenters. The second-order valence-electron chi connectivity index (χ2n) is 6.33. The van der Waals surface area contributed by atoms with Gasteiger partial charge in [0, 0.05) is 26.3 Å². The molecular weight excluding hydrogens is 466 g/mol. The van der Waals surface area contributed by atoms with Crippen molar-refractivity contribution in [2.75, 3.05) is 0 Å². The highest BCUT2D eigenvalue weighted by Crippen LogP contribution is 2.48. The molecule has 0 saturated carbocycles. The van der Waals surface area contributed by atoms with E-state index in [1.54, 1.807) is 36.4 Å². The lowest BCUT2D eigenvalue weighted by molar-refractivity contribution is -0.432. The van der Waals surface area contributed by atoms with E-state index in [0.29, 0.717) is 32.2 Å². The van der Waals surface area contributed by atoms with Crippen molar-refractivity contribution in [2.45, 2.75) is 14.7 Å². The van der Waals surface area contributed by atoms with Crippen LogP contribution in [-0.4, -0.2) is 24.0 Å². The molecule has 0 aliphatic heterocycles. The van der Waals surface area contributed by atoms with Crippen LogP contribution in [0.15, 0.2) is 57.2 Å². The lowest BCUT2D eigenvalue weighted by atomic mass is 10.0. The predicted octanol–water partition coefficient (Wildman–Crippen LogP) is 4.27. The predicted molar refractivity (Wildman–Crippen MR) is 113 cm³/mol. The normalized spacial score (nSPS) is 13.1. The Balaban J connectivity index is 1.75. The molecule has 10 nitrogen and oxygen atoms in total. The zero-order valence-corrected chi connectivity index (χ0v) is 17.6. The summed E-state index contributed by atoms with van der Waals surface area (Å²) in [5.74, 6) is 4.95. The third-order valence-electron chi connectivity index (χ3n) is 4.67. The van der Waals surface area contributed by atoms with Crippen molar-refractivity contribution < 1.29 is 32.7 Å². The maximum atomic E-state index is 11.8. The van der Waals surface area contributed by atoms with Gasteiger partial charge in [0.1, 0.15) is 0 Å². The zero-order chi connectivity index (χ0) is 21.5. The van der Waals surface area contributed by atoms with Crippen LogP contribution in [0.2, 0.25) is 0 Å². The van der Waals surface area contributed by atoms with E-state index in [1.807, 2.05) is 6.07 Å². The quantitative estimate of drug-likeness (QED) is 0.133. The Bertz CT molecular complexity index is 1370. The van der Waals surface area contributed by atoms with Gasteiger partial charge in [0.05, 0.1) is 51.4 Å². The number of nitrogens with two attached hydrogens (primary N) is 1. The summed E-state index contributed by atoms with van der Waals surface area (Å²) in [7, 11) is 0. The maximum absolute atomic E-state index is 11.8. The lowest BCUT2D eigenvalue weighted by Gasteiger charge is -2.07. The third-order valence-corrected chi connectivity index (χ3v) is 6.46. The first kappa shape index (κ1) is 20.7. The molecule has 31 heavy (non-hydrogen) atoms. The van der Waals surface area contributed by atoms with E-state index in [0.717, 1.165) is 46.0 Å². The molecule has 1 unspecified atom stereocenters. The fourth-order valence-corrected chi connectivity index (χ4v) is 4.86. The van der Waals surface area contributed by atoms with Crippen molar-refractivity contribution in [2.24, 2.45) is 5.90 Å². The van der Waals surface area contributed by atoms with E-state index >= 15 is 0 Å². The first-order chi connectivity index (χ1) is 15.1. The van der Waals surface area contributed by atoms with Crippen LogP contribution in [0.4, 0.5) is 0 Å². The first-order valence-corrected chi connectivity index (χ1v) is 11.1. The maximum Gasteiger partial charge on any atom is 0.186 e. The van der Waals surface area contributed by atoms with Crippen molar-refractivity contribution in [3.63, 3.8) is 0 Å². The number of hydrogen-bond donors (Lipinski definition) is 3. The van der Waals surface area contributed by atoms with Crippen LogP contribution >= 0.6 is 24.1 Å². The second kappa shape index (κ2) is 8.40. The average molecular weight is 478 g/mol. The minimum absolute atomic E-state index is 0.245. The number of aromatic nitrogens is 2. The summed E-state index contributed by atoms with van der Waals surface area (Å²) in [6.07, 6.45) is 0. The van der Waals surface area contributed by atoms with E-state index in [9.17, 15) is 8.76 Å². The highest BCUT2D eigenvalue weighted by atomic mass is 32.2. The standard InChI is InChI=1S/C18H11N3O7S3/c19-25-27-30-10-3-8-4-11(31(23)24)7-13-16(8)12(5-10)17-18(13)20-14-2-1-9(29-28-26-22)6-15(14)21-17/h1-7,22H,19H2,(H,23,24). The van der Waals surface area contributed by atoms with Crippen LogP contribution in [0.5, 0.6) is 0 Å². The second-order valence-corrected chi connectivity index (χ2v) is 8.85. The largest absolute Gasteiger partial charge is 0.302 e. The highest BCUT2D eigenvalue weighted by molar-refractivity contribution is 7.94. The van der Waals surface area contributed by atoms with E-state index in [4.69, 9.17) is 25.5 Å². The van der Waals surface area contributed by atoms with Gasteiger partial charge in [-0.05, 0) is 47.9 Å². The Morgan fingerprint density at radius 1 is 0.903 bits per heavy atom. The lowest BCUT2D eigenvalue weighted by Crippen LogP contribution is -1.94. The Morgan fingerprint density at radius 3 is 2.39 bits per heavy atom. The number of nitrogens with zero attached hydrogens (tertiary/aromatic N) is 2. The van der Waals surface area contributed by atoms with Gasteiger partial charge in [0.2, 0.25) is 0 Å². The molecule has 1 aliphatic carbocycles. The molecule has 4 N–H and O–H groups in total. The van der Waals surface area contributed by atoms with Crippen LogP contribution in [-0.2, 0) is 29.8 Å². The number of benzene rings is 3. The molecule has 158 valence electrons. The minimum atomic E-state index is -2.18. The van der Waals surface area contributed by atoms with Crippen molar-refractivity contribution >= 4 is 57.0 Å². The number of rotatable bonds is 7. The Hall–Kier alpha value is -2.17. The molecule has 0 amide bonds. The summed E-state index contributed by atoms with van der Waals surface area (Å²) in [5.41, 5.74) is 3.95. The molecule has 4 aromatic rings. The molecule has 0 bridgehead atoms. The molecule has 0 radical (unpaired) electrons. The molecule has 0 fully saturated rings. The van der Waals surface area contributed by atoms with Crippen LogP contribution in [0, 0.1) is 0 Å². The van der Waals surface area contributed by atoms with Crippen molar-refractivity contribution in [1.29, 1.82) is 0 Å². The number of fused-ring (bicyclic) bond motifs is 4. The minimum Gasteiger partial charge on any atom is -0.302 e. The monoisotopic (exact) mass is 477 g/mol. The smallest absolute Gasteiger partial charge is 0.186 e. The molecule has 3 aromatic carbocycles. The van der Waals surface area contributed by atoms with Crippen LogP contribution in [0.3, 0.4) is 0 Å². The molecular formula is C18H11N3O7S3. The Kier molecular flexibility index (Phi) is 5.61. The molecule has 5 rings (SSSR count). The molecule has 13 heteroatoms.